The van der Waals surface area contributed by atoms with Gasteiger partial charge in [-0.05, 0) is 19.4 Å². The molecule has 0 aliphatic rings. The number of nitro groups is 1. The smallest absolute Gasteiger partial charge is 0.312 e. The van der Waals surface area contributed by atoms with Gasteiger partial charge in [0.2, 0.25) is 5.75 Å². The van der Waals surface area contributed by atoms with Crippen molar-refractivity contribution in [1.29, 1.82) is 0 Å². The summed E-state index contributed by atoms with van der Waals surface area (Å²) in [7, 11) is 0. The van der Waals surface area contributed by atoms with Crippen LogP contribution < -0.4 is 4.74 Å². The van der Waals surface area contributed by atoms with Crippen LogP contribution in [0.25, 0.3) is 0 Å². The van der Waals surface area contributed by atoms with Crippen LogP contribution in [0.5, 0.6) is 5.75 Å². The van der Waals surface area contributed by atoms with E-state index < -0.39 is 11.0 Å². The number of rotatable bonds is 6. The first-order chi connectivity index (χ1) is 8.47. The van der Waals surface area contributed by atoms with E-state index in [2.05, 4.69) is 15.9 Å². The Hall–Kier alpha value is -1.14. The third-order valence-electron chi connectivity index (χ3n) is 2.45. The molecule has 0 saturated carbocycles. The summed E-state index contributed by atoms with van der Waals surface area (Å²) in [4.78, 5) is 10.5. The lowest BCUT2D eigenvalue weighted by molar-refractivity contribution is -0.386. The molecule has 1 atom stereocenters. The number of unbranched alkanes of at least 4 members (excludes halogenated alkanes) is 1. The van der Waals surface area contributed by atoms with Crippen molar-refractivity contribution in [2.24, 2.45) is 0 Å². The summed E-state index contributed by atoms with van der Waals surface area (Å²) in [6, 6.07) is 3.02. The average molecular weight is 318 g/mol. The fourth-order valence-corrected chi connectivity index (χ4v) is 1.99. The van der Waals surface area contributed by atoms with Gasteiger partial charge in [0, 0.05) is 16.1 Å². The van der Waals surface area contributed by atoms with Gasteiger partial charge in [0.05, 0.1) is 17.6 Å². The van der Waals surface area contributed by atoms with Gasteiger partial charge >= 0.3 is 5.69 Å². The minimum atomic E-state index is -0.821. The third kappa shape index (κ3) is 3.68. The minimum Gasteiger partial charge on any atom is -0.487 e. The normalized spacial score (nSPS) is 12.2. The molecule has 0 heterocycles. The van der Waals surface area contributed by atoms with Gasteiger partial charge in [0.15, 0.2) is 0 Å². The molecule has 1 rings (SSSR count). The van der Waals surface area contributed by atoms with Gasteiger partial charge in [0.25, 0.3) is 0 Å². The van der Waals surface area contributed by atoms with E-state index in [0.29, 0.717) is 16.6 Å². The molecule has 6 heteroatoms. The maximum atomic E-state index is 11.0. The summed E-state index contributed by atoms with van der Waals surface area (Å²) in [5.74, 6) is 0.159. The highest BCUT2D eigenvalue weighted by Gasteiger charge is 2.23. The van der Waals surface area contributed by atoms with Crippen molar-refractivity contribution in [1.82, 2.24) is 0 Å². The molecule has 1 N–H and O–H groups in total. The first-order valence-electron chi connectivity index (χ1n) is 5.76. The van der Waals surface area contributed by atoms with Gasteiger partial charge in [-0.2, -0.15) is 0 Å². The molecule has 0 radical (unpaired) electrons. The Labute approximate surface area is 114 Å². The Balaban J connectivity index is 3.18. The highest BCUT2D eigenvalue weighted by atomic mass is 79.9. The molecule has 5 nitrogen and oxygen atoms in total. The van der Waals surface area contributed by atoms with E-state index >= 15 is 0 Å². The van der Waals surface area contributed by atoms with E-state index in [1.54, 1.807) is 13.0 Å². The van der Waals surface area contributed by atoms with Gasteiger partial charge in [-0.1, -0.05) is 29.3 Å². The monoisotopic (exact) mass is 317 g/mol. The topological polar surface area (TPSA) is 72.6 Å². The summed E-state index contributed by atoms with van der Waals surface area (Å²) in [6.45, 7) is 3.96. The van der Waals surface area contributed by atoms with Crippen molar-refractivity contribution in [3.63, 3.8) is 0 Å². The molecule has 0 amide bonds. The van der Waals surface area contributed by atoms with E-state index in [9.17, 15) is 15.2 Å². The van der Waals surface area contributed by atoms with Gasteiger partial charge < -0.3 is 9.84 Å². The van der Waals surface area contributed by atoms with Crippen LogP contribution in [0, 0.1) is 10.1 Å². The van der Waals surface area contributed by atoms with Crippen molar-refractivity contribution in [2.45, 2.75) is 32.8 Å². The maximum absolute atomic E-state index is 11.0. The molecule has 1 aromatic rings. The Bertz CT molecular complexity index is 434. The molecule has 0 spiro atoms. The van der Waals surface area contributed by atoms with Gasteiger partial charge in [0.1, 0.15) is 0 Å². The molecular weight excluding hydrogens is 302 g/mol. The molecule has 0 aromatic heterocycles. The van der Waals surface area contributed by atoms with Gasteiger partial charge in [-0.3, -0.25) is 10.1 Å². The fourth-order valence-electron chi connectivity index (χ4n) is 1.52. The predicted molar refractivity (Wildman–Crippen MR) is 71.8 cm³/mol. The fraction of sp³-hybridized carbons (Fsp3) is 0.500. The number of hydrogen-bond donors (Lipinski definition) is 1. The zero-order chi connectivity index (χ0) is 13.7. The molecule has 1 aromatic carbocycles. The van der Waals surface area contributed by atoms with E-state index in [-0.39, 0.29) is 11.4 Å². The minimum absolute atomic E-state index is 0.128. The standard InChI is InChI=1S/C12H16BrNO4/c1-3-4-5-18-12-10(8(2)15)6-9(13)7-11(12)14(16)17/h6-8,15H,3-5H2,1-2H3/t8-/m1/s1. The zero-order valence-electron chi connectivity index (χ0n) is 10.4. The molecule has 18 heavy (non-hydrogen) atoms. The largest absolute Gasteiger partial charge is 0.487 e. The number of nitro benzene ring substituents is 1. The van der Waals surface area contributed by atoms with Crippen molar-refractivity contribution in [3.05, 3.63) is 32.3 Å². The molecular formula is C12H16BrNO4. The second-order valence-corrected chi connectivity index (χ2v) is 4.89. The summed E-state index contributed by atoms with van der Waals surface area (Å²) < 4.78 is 6.01. The highest BCUT2D eigenvalue weighted by molar-refractivity contribution is 9.10. The SMILES string of the molecule is CCCCOc1c([C@@H](C)O)cc(Br)cc1[N+](=O)[O-]. The number of ether oxygens (including phenoxy) is 1. The molecule has 100 valence electrons. The summed E-state index contributed by atoms with van der Waals surface area (Å²) in [5.41, 5.74) is 0.295. The van der Waals surface area contributed by atoms with Crippen LogP contribution in [0.1, 0.15) is 38.4 Å². The Morgan fingerprint density at radius 2 is 2.22 bits per heavy atom. The Kier molecular flexibility index (Phi) is 5.55. The van der Waals surface area contributed by atoms with Crippen LogP contribution in [0.15, 0.2) is 16.6 Å². The van der Waals surface area contributed by atoms with Crippen LogP contribution in [0.4, 0.5) is 5.69 Å². The maximum Gasteiger partial charge on any atom is 0.312 e. The van der Waals surface area contributed by atoms with Crippen molar-refractivity contribution in [2.75, 3.05) is 6.61 Å². The van der Waals surface area contributed by atoms with E-state index in [0.717, 1.165) is 12.8 Å². The highest BCUT2D eigenvalue weighted by Crippen LogP contribution is 2.37. The first-order valence-corrected chi connectivity index (χ1v) is 6.55. The Morgan fingerprint density at radius 3 is 2.72 bits per heavy atom. The number of nitrogens with zero attached hydrogens (tertiary/aromatic N) is 1. The lowest BCUT2D eigenvalue weighted by atomic mass is 10.1. The lowest BCUT2D eigenvalue weighted by Gasteiger charge is -2.14. The average Bonchev–Trinajstić information content (AvgIpc) is 2.30. The molecule has 0 aliphatic heterocycles. The molecule has 0 saturated heterocycles. The molecule has 0 aliphatic carbocycles. The van der Waals surface area contributed by atoms with E-state index in [4.69, 9.17) is 4.74 Å². The number of aliphatic hydroxyl groups is 1. The van der Waals surface area contributed by atoms with Crippen molar-refractivity contribution in [3.8, 4) is 5.75 Å². The summed E-state index contributed by atoms with van der Waals surface area (Å²) >= 11 is 3.19. The van der Waals surface area contributed by atoms with Gasteiger partial charge in [-0.25, -0.2) is 0 Å². The van der Waals surface area contributed by atoms with Crippen LogP contribution in [-0.2, 0) is 0 Å². The van der Waals surface area contributed by atoms with E-state index in [1.807, 2.05) is 6.92 Å². The molecule has 0 unspecified atom stereocenters. The predicted octanol–water partition coefficient (Wildman–Crippen LogP) is 3.59. The van der Waals surface area contributed by atoms with Gasteiger partial charge in [-0.15, -0.1) is 0 Å². The van der Waals surface area contributed by atoms with Crippen molar-refractivity contribution >= 4 is 21.6 Å². The van der Waals surface area contributed by atoms with E-state index in [1.165, 1.54) is 6.07 Å². The summed E-state index contributed by atoms with van der Waals surface area (Å²) in [5, 5.41) is 20.7. The first kappa shape index (κ1) is 14.9. The second kappa shape index (κ2) is 6.70. The van der Waals surface area contributed by atoms with Crippen LogP contribution in [0.2, 0.25) is 0 Å². The second-order valence-electron chi connectivity index (χ2n) is 3.98. The number of aliphatic hydroxyl groups excluding tert-OH is 1. The zero-order valence-corrected chi connectivity index (χ0v) is 11.9. The number of hydrogen-bond acceptors (Lipinski definition) is 4. The third-order valence-corrected chi connectivity index (χ3v) is 2.91. The quantitative estimate of drug-likeness (QED) is 0.494. The summed E-state index contributed by atoms with van der Waals surface area (Å²) in [6.07, 6.45) is 0.929. The van der Waals surface area contributed by atoms with Crippen molar-refractivity contribution < 1.29 is 14.8 Å². The Morgan fingerprint density at radius 1 is 1.56 bits per heavy atom. The molecule has 0 bridgehead atoms. The molecule has 0 fully saturated rings. The lowest BCUT2D eigenvalue weighted by Crippen LogP contribution is -2.05. The van der Waals surface area contributed by atoms with Crippen LogP contribution in [-0.4, -0.2) is 16.6 Å². The van der Waals surface area contributed by atoms with Crippen LogP contribution >= 0.6 is 15.9 Å². The number of halogens is 1. The van der Waals surface area contributed by atoms with Crippen LogP contribution in [0.3, 0.4) is 0 Å². The number of benzene rings is 1.